The zero-order chi connectivity index (χ0) is 12.7. The second-order valence-electron chi connectivity index (χ2n) is 5.83. The van der Waals surface area contributed by atoms with Crippen molar-refractivity contribution < 1.29 is 9.90 Å². The first-order valence-corrected chi connectivity index (χ1v) is 6.64. The summed E-state index contributed by atoms with van der Waals surface area (Å²) >= 11 is 0. The van der Waals surface area contributed by atoms with E-state index < -0.39 is 0 Å². The number of nitrogens with one attached hydrogen (secondary N) is 2. The predicted molar refractivity (Wildman–Crippen MR) is 68.8 cm³/mol. The molecule has 4 heteroatoms. The van der Waals surface area contributed by atoms with Gasteiger partial charge in [0.05, 0.1) is 6.54 Å². The van der Waals surface area contributed by atoms with Crippen LogP contribution in [-0.2, 0) is 4.79 Å². The molecule has 1 fully saturated rings. The second-order valence-corrected chi connectivity index (χ2v) is 5.83. The normalized spacial score (nSPS) is 18.1. The first kappa shape index (κ1) is 14.5. The molecule has 1 rings (SSSR count). The van der Waals surface area contributed by atoms with Crippen molar-refractivity contribution in [2.75, 3.05) is 19.7 Å². The SMILES string of the molecule is CC(C)(CO)CNCC(=O)NC1CCCCC1. The van der Waals surface area contributed by atoms with Gasteiger partial charge in [0.25, 0.3) is 0 Å². The number of rotatable bonds is 6. The number of carbonyl (C=O) groups is 1. The van der Waals surface area contributed by atoms with Crippen LogP contribution in [0.1, 0.15) is 46.0 Å². The van der Waals surface area contributed by atoms with Crippen LogP contribution in [0, 0.1) is 5.41 Å². The Bertz CT molecular complexity index is 236. The maximum Gasteiger partial charge on any atom is 0.234 e. The molecule has 0 aromatic heterocycles. The van der Waals surface area contributed by atoms with Crippen LogP contribution in [-0.4, -0.2) is 36.8 Å². The first-order chi connectivity index (χ1) is 8.03. The minimum Gasteiger partial charge on any atom is -0.396 e. The van der Waals surface area contributed by atoms with Crippen molar-refractivity contribution in [3.63, 3.8) is 0 Å². The highest BCUT2D eigenvalue weighted by atomic mass is 16.3. The Labute approximate surface area is 104 Å². The molecule has 0 atom stereocenters. The zero-order valence-corrected chi connectivity index (χ0v) is 11.1. The number of aliphatic hydroxyl groups excluding tert-OH is 1. The molecule has 4 nitrogen and oxygen atoms in total. The molecule has 0 bridgehead atoms. The van der Waals surface area contributed by atoms with Crippen molar-refractivity contribution in [1.82, 2.24) is 10.6 Å². The fourth-order valence-electron chi connectivity index (χ4n) is 2.10. The van der Waals surface area contributed by atoms with Crippen LogP contribution in [0.2, 0.25) is 0 Å². The van der Waals surface area contributed by atoms with Crippen LogP contribution in [0.15, 0.2) is 0 Å². The molecule has 0 radical (unpaired) electrons. The fourth-order valence-corrected chi connectivity index (χ4v) is 2.10. The van der Waals surface area contributed by atoms with E-state index in [1.807, 2.05) is 13.8 Å². The van der Waals surface area contributed by atoms with Crippen molar-refractivity contribution in [3.05, 3.63) is 0 Å². The van der Waals surface area contributed by atoms with Gasteiger partial charge in [-0.3, -0.25) is 4.79 Å². The van der Waals surface area contributed by atoms with Gasteiger partial charge >= 0.3 is 0 Å². The third-order valence-electron chi connectivity index (χ3n) is 3.29. The van der Waals surface area contributed by atoms with Gasteiger partial charge in [-0.25, -0.2) is 0 Å². The molecule has 0 aromatic carbocycles. The highest BCUT2D eigenvalue weighted by Gasteiger charge is 2.18. The zero-order valence-electron chi connectivity index (χ0n) is 11.1. The Morgan fingerprint density at radius 2 is 1.94 bits per heavy atom. The maximum absolute atomic E-state index is 11.6. The van der Waals surface area contributed by atoms with E-state index in [0.717, 1.165) is 12.8 Å². The van der Waals surface area contributed by atoms with Crippen LogP contribution in [0.4, 0.5) is 0 Å². The van der Waals surface area contributed by atoms with Crippen LogP contribution < -0.4 is 10.6 Å². The molecule has 0 unspecified atom stereocenters. The molecule has 0 aliphatic heterocycles. The molecule has 0 heterocycles. The van der Waals surface area contributed by atoms with Crippen LogP contribution >= 0.6 is 0 Å². The lowest BCUT2D eigenvalue weighted by Gasteiger charge is -2.24. The molecule has 1 aliphatic carbocycles. The number of hydrogen-bond donors (Lipinski definition) is 3. The number of hydrogen-bond acceptors (Lipinski definition) is 3. The molecule has 17 heavy (non-hydrogen) atoms. The molecule has 100 valence electrons. The Morgan fingerprint density at radius 3 is 2.53 bits per heavy atom. The second kappa shape index (κ2) is 6.97. The Kier molecular flexibility index (Phi) is 5.92. The molecule has 0 saturated heterocycles. The molecule has 1 aliphatic rings. The summed E-state index contributed by atoms with van der Waals surface area (Å²) in [6.45, 7) is 5.07. The van der Waals surface area contributed by atoms with Crippen LogP contribution in [0.3, 0.4) is 0 Å². The van der Waals surface area contributed by atoms with Crippen molar-refractivity contribution in [2.45, 2.75) is 52.0 Å². The van der Waals surface area contributed by atoms with E-state index >= 15 is 0 Å². The van der Waals surface area contributed by atoms with Crippen molar-refractivity contribution in [3.8, 4) is 0 Å². The molecule has 1 saturated carbocycles. The quantitative estimate of drug-likeness (QED) is 0.652. The molecule has 0 aromatic rings. The lowest BCUT2D eigenvalue weighted by Crippen LogP contribution is -2.43. The highest BCUT2D eigenvalue weighted by molar-refractivity contribution is 5.78. The van der Waals surface area contributed by atoms with Crippen LogP contribution in [0.25, 0.3) is 0 Å². The van der Waals surface area contributed by atoms with E-state index in [1.54, 1.807) is 0 Å². The molecule has 1 amide bonds. The summed E-state index contributed by atoms with van der Waals surface area (Å²) in [5.74, 6) is 0.0747. The number of amides is 1. The van der Waals surface area contributed by atoms with Gasteiger partial charge in [0, 0.05) is 24.6 Å². The van der Waals surface area contributed by atoms with Gasteiger partial charge < -0.3 is 15.7 Å². The van der Waals surface area contributed by atoms with Gasteiger partial charge in [-0.05, 0) is 12.8 Å². The Morgan fingerprint density at radius 1 is 1.29 bits per heavy atom. The summed E-state index contributed by atoms with van der Waals surface area (Å²) in [4.78, 5) is 11.6. The van der Waals surface area contributed by atoms with Gasteiger partial charge in [-0.2, -0.15) is 0 Å². The standard InChI is InChI=1S/C13H26N2O2/c1-13(2,10-16)9-14-8-12(17)15-11-6-4-3-5-7-11/h11,14,16H,3-10H2,1-2H3,(H,15,17). The van der Waals surface area contributed by atoms with Crippen LogP contribution in [0.5, 0.6) is 0 Å². The van der Waals surface area contributed by atoms with Crippen molar-refractivity contribution in [1.29, 1.82) is 0 Å². The average Bonchev–Trinajstić information content (AvgIpc) is 2.30. The topological polar surface area (TPSA) is 61.4 Å². The van der Waals surface area contributed by atoms with E-state index in [2.05, 4.69) is 10.6 Å². The molecular weight excluding hydrogens is 216 g/mol. The molecule has 3 N–H and O–H groups in total. The van der Waals surface area contributed by atoms with Crippen molar-refractivity contribution >= 4 is 5.91 Å². The minimum atomic E-state index is -0.162. The van der Waals surface area contributed by atoms with E-state index in [0.29, 0.717) is 19.1 Å². The van der Waals surface area contributed by atoms with Gasteiger partial charge in [0.2, 0.25) is 5.91 Å². The lowest BCUT2D eigenvalue weighted by molar-refractivity contribution is -0.121. The largest absolute Gasteiger partial charge is 0.396 e. The summed E-state index contributed by atoms with van der Waals surface area (Å²) in [5.41, 5.74) is -0.162. The smallest absolute Gasteiger partial charge is 0.234 e. The van der Waals surface area contributed by atoms with Crippen molar-refractivity contribution in [2.24, 2.45) is 5.41 Å². The maximum atomic E-state index is 11.6. The van der Waals surface area contributed by atoms with Gasteiger partial charge in [-0.15, -0.1) is 0 Å². The highest BCUT2D eigenvalue weighted by Crippen LogP contribution is 2.17. The summed E-state index contributed by atoms with van der Waals surface area (Å²) < 4.78 is 0. The Balaban J connectivity index is 2.12. The summed E-state index contributed by atoms with van der Waals surface area (Å²) in [5, 5.41) is 15.2. The average molecular weight is 242 g/mol. The Hall–Kier alpha value is -0.610. The summed E-state index contributed by atoms with van der Waals surface area (Å²) in [6.07, 6.45) is 6.00. The fraction of sp³-hybridized carbons (Fsp3) is 0.923. The lowest BCUT2D eigenvalue weighted by atomic mass is 9.95. The van der Waals surface area contributed by atoms with E-state index in [-0.39, 0.29) is 17.9 Å². The van der Waals surface area contributed by atoms with Gasteiger partial charge in [0.1, 0.15) is 0 Å². The monoisotopic (exact) mass is 242 g/mol. The third-order valence-corrected chi connectivity index (χ3v) is 3.29. The predicted octanol–water partition coefficient (Wildman–Crippen LogP) is 1.04. The molecular formula is C13H26N2O2. The minimum absolute atomic E-state index is 0.0747. The van der Waals surface area contributed by atoms with Gasteiger partial charge in [0.15, 0.2) is 0 Å². The van der Waals surface area contributed by atoms with Gasteiger partial charge in [-0.1, -0.05) is 33.1 Å². The molecule has 0 spiro atoms. The number of carbonyl (C=O) groups excluding carboxylic acids is 1. The number of aliphatic hydroxyl groups is 1. The summed E-state index contributed by atoms with van der Waals surface area (Å²) in [6, 6.07) is 0.379. The van der Waals surface area contributed by atoms with E-state index in [9.17, 15) is 4.79 Å². The third kappa shape index (κ3) is 6.03. The van der Waals surface area contributed by atoms with E-state index in [4.69, 9.17) is 5.11 Å². The summed E-state index contributed by atoms with van der Waals surface area (Å²) in [7, 11) is 0. The van der Waals surface area contributed by atoms with E-state index in [1.165, 1.54) is 19.3 Å². The first-order valence-electron chi connectivity index (χ1n) is 6.64.